The number of carbonyl (C=O) groups excluding carboxylic acids is 1. The molecule has 0 aliphatic carbocycles. The maximum atomic E-state index is 11.5. The first-order valence-corrected chi connectivity index (χ1v) is 5.17. The summed E-state index contributed by atoms with van der Waals surface area (Å²) in [6, 6.07) is 10.7. The van der Waals surface area contributed by atoms with Crippen molar-refractivity contribution < 1.29 is 4.79 Å². The molecular formula is C12H16N2O. The van der Waals surface area contributed by atoms with E-state index in [4.69, 9.17) is 0 Å². The SMILES string of the molecule is CN1CC(c2ccccc2)N(C)CC1=O. The normalized spacial score (nSPS) is 23.2. The number of nitrogens with zero attached hydrogens (tertiary/aromatic N) is 2. The van der Waals surface area contributed by atoms with E-state index in [1.165, 1.54) is 5.56 Å². The standard InChI is InChI=1S/C12H16N2O/c1-13-9-12(15)14(2)8-11(13)10-6-4-3-5-7-10/h3-7,11H,8-9H2,1-2H3. The van der Waals surface area contributed by atoms with Crippen molar-refractivity contribution in [3.63, 3.8) is 0 Å². The summed E-state index contributed by atoms with van der Waals surface area (Å²) >= 11 is 0. The Kier molecular flexibility index (Phi) is 2.73. The molecule has 1 saturated heterocycles. The van der Waals surface area contributed by atoms with Gasteiger partial charge in [0.15, 0.2) is 0 Å². The van der Waals surface area contributed by atoms with E-state index in [0.717, 1.165) is 6.54 Å². The third-order valence-electron chi connectivity index (χ3n) is 2.97. The lowest BCUT2D eigenvalue weighted by atomic mass is 10.0. The van der Waals surface area contributed by atoms with Crippen molar-refractivity contribution in [2.75, 3.05) is 27.2 Å². The molecule has 1 atom stereocenters. The highest BCUT2D eigenvalue weighted by molar-refractivity contribution is 5.78. The highest BCUT2D eigenvalue weighted by Gasteiger charge is 2.28. The number of carbonyl (C=O) groups is 1. The second-order valence-corrected chi connectivity index (χ2v) is 4.12. The van der Waals surface area contributed by atoms with E-state index in [1.807, 2.05) is 32.3 Å². The van der Waals surface area contributed by atoms with Gasteiger partial charge in [0.1, 0.15) is 0 Å². The summed E-state index contributed by atoms with van der Waals surface area (Å²) in [5.41, 5.74) is 1.28. The third kappa shape index (κ3) is 2.02. The van der Waals surface area contributed by atoms with E-state index in [0.29, 0.717) is 12.6 Å². The molecule has 1 amide bonds. The molecule has 15 heavy (non-hydrogen) atoms. The molecule has 0 bridgehead atoms. The van der Waals surface area contributed by atoms with Crippen LogP contribution in [0.5, 0.6) is 0 Å². The molecule has 1 unspecified atom stereocenters. The van der Waals surface area contributed by atoms with Crippen LogP contribution in [0.3, 0.4) is 0 Å². The molecule has 1 heterocycles. The van der Waals surface area contributed by atoms with Gasteiger partial charge in [0.05, 0.1) is 12.6 Å². The van der Waals surface area contributed by atoms with Gasteiger partial charge in [0.2, 0.25) is 5.91 Å². The van der Waals surface area contributed by atoms with E-state index >= 15 is 0 Å². The highest BCUT2D eigenvalue weighted by atomic mass is 16.2. The van der Waals surface area contributed by atoms with Crippen molar-refractivity contribution in [3.05, 3.63) is 35.9 Å². The van der Waals surface area contributed by atoms with E-state index in [2.05, 4.69) is 17.0 Å². The largest absolute Gasteiger partial charge is 0.343 e. The first-order chi connectivity index (χ1) is 7.18. The quantitative estimate of drug-likeness (QED) is 0.684. The number of amides is 1. The lowest BCUT2D eigenvalue weighted by molar-refractivity contribution is -0.136. The monoisotopic (exact) mass is 204 g/mol. The van der Waals surface area contributed by atoms with Gasteiger partial charge in [0.25, 0.3) is 0 Å². The summed E-state index contributed by atoms with van der Waals surface area (Å²) in [5, 5.41) is 0. The third-order valence-corrected chi connectivity index (χ3v) is 2.97. The van der Waals surface area contributed by atoms with Crippen LogP contribution in [0, 0.1) is 0 Å². The Hall–Kier alpha value is -1.35. The molecule has 0 saturated carbocycles. The van der Waals surface area contributed by atoms with Crippen molar-refractivity contribution in [1.82, 2.24) is 9.80 Å². The molecule has 1 aliphatic heterocycles. The van der Waals surface area contributed by atoms with Gasteiger partial charge in [-0.05, 0) is 12.6 Å². The second kappa shape index (κ2) is 4.03. The summed E-state index contributed by atoms with van der Waals surface area (Å²) < 4.78 is 0. The van der Waals surface area contributed by atoms with Crippen LogP contribution >= 0.6 is 0 Å². The molecule has 80 valence electrons. The zero-order valence-corrected chi connectivity index (χ0v) is 9.18. The van der Waals surface area contributed by atoms with E-state index < -0.39 is 0 Å². The van der Waals surface area contributed by atoms with Gasteiger partial charge in [-0.15, -0.1) is 0 Å². The van der Waals surface area contributed by atoms with E-state index in [9.17, 15) is 4.79 Å². The van der Waals surface area contributed by atoms with E-state index in [1.54, 1.807) is 4.90 Å². The molecule has 1 aliphatic rings. The molecular weight excluding hydrogens is 188 g/mol. The maximum Gasteiger partial charge on any atom is 0.236 e. The average molecular weight is 204 g/mol. The number of hydrogen-bond acceptors (Lipinski definition) is 2. The molecule has 1 aromatic carbocycles. The van der Waals surface area contributed by atoms with Crippen LogP contribution in [0.2, 0.25) is 0 Å². The van der Waals surface area contributed by atoms with Crippen LogP contribution < -0.4 is 0 Å². The average Bonchev–Trinajstić information content (AvgIpc) is 2.25. The molecule has 3 nitrogen and oxygen atoms in total. The fourth-order valence-electron chi connectivity index (χ4n) is 1.98. The predicted octanol–water partition coefficient (Wildman–Crippen LogP) is 1.13. The van der Waals surface area contributed by atoms with Crippen LogP contribution in [0.1, 0.15) is 11.6 Å². The van der Waals surface area contributed by atoms with Crippen molar-refractivity contribution >= 4 is 5.91 Å². The van der Waals surface area contributed by atoms with Crippen molar-refractivity contribution in [1.29, 1.82) is 0 Å². The highest BCUT2D eigenvalue weighted by Crippen LogP contribution is 2.23. The minimum atomic E-state index is 0.199. The summed E-state index contributed by atoms with van der Waals surface area (Å²) in [7, 11) is 3.87. The predicted molar refractivity (Wildman–Crippen MR) is 59.5 cm³/mol. The molecule has 2 rings (SSSR count). The number of rotatable bonds is 1. The molecule has 1 fully saturated rings. The Labute approximate surface area is 90.3 Å². The fourth-order valence-corrected chi connectivity index (χ4v) is 1.98. The molecule has 3 heteroatoms. The van der Waals surface area contributed by atoms with E-state index in [-0.39, 0.29) is 5.91 Å². The minimum absolute atomic E-state index is 0.199. The van der Waals surface area contributed by atoms with Crippen LogP contribution in [0.4, 0.5) is 0 Å². The summed E-state index contributed by atoms with van der Waals surface area (Å²) in [6.07, 6.45) is 0. The molecule has 0 spiro atoms. The number of benzene rings is 1. The van der Waals surface area contributed by atoms with Gasteiger partial charge in [-0.25, -0.2) is 0 Å². The van der Waals surface area contributed by atoms with Crippen molar-refractivity contribution in [3.8, 4) is 0 Å². The Balaban J connectivity index is 2.20. The van der Waals surface area contributed by atoms with Crippen molar-refractivity contribution in [2.45, 2.75) is 6.04 Å². The number of hydrogen-bond donors (Lipinski definition) is 0. The van der Waals surface area contributed by atoms with Crippen molar-refractivity contribution in [2.24, 2.45) is 0 Å². The van der Waals surface area contributed by atoms with Gasteiger partial charge >= 0.3 is 0 Å². The van der Waals surface area contributed by atoms with Gasteiger partial charge < -0.3 is 4.90 Å². The summed E-state index contributed by atoms with van der Waals surface area (Å²) in [6.45, 7) is 1.29. The Morgan fingerprint density at radius 1 is 1.20 bits per heavy atom. The van der Waals surface area contributed by atoms with Gasteiger partial charge in [-0.2, -0.15) is 0 Å². The minimum Gasteiger partial charge on any atom is -0.343 e. The molecule has 0 radical (unpaired) electrons. The summed E-state index contributed by atoms with van der Waals surface area (Å²) in [4.78, 5) is 15.4. The number of piperazine rings is 1. The Bertz CT molecular complexity index is 350. The smallest absolute Gasteiger partial charge is 0.236 e. The zero-order chi connectivity index (χ0) is 10.8. The van der Waals surface area contributed by atoms with Gasteiger partial charge in [0, 0.05) is 13.6 Å². The Morgan fingerprint density at radius 2 is 1.87 bits per heavy atom. The summed E-state index contributed by atoms with van der Waals surface area (Å²) in [5.74, 6) is 0.199. The van der Waals surface area contributed by atoms with Crippen LogP contribution in [-0.2, 0) is 4.79 Å². The van der Waals surface area contributed by atoms with Crippen LogP contribution in [0.15, 0.2) is 30.3 Å². The lowest BCUT2D eigenvalue weighted by Gasteiger charge is -2.37. The first kappa shape index (κ1) is 10.2. The second-order valence-electron chi connectivity index (χ2n) is 4.12. The van der Waals surface area contributed by atoms with Crippen LogP contribution in [-0.4, -0.2) is 42.9 Å². The maximum absolute atomic E-state index is 11.5. The van der Waals surface area contributed by atoms with Crippen LogP contribution in [0.25, 0.3) is 0 Å². The van der Waals surface area contributed by atoms with Gasteiger partial charge in [-0.3, -0.25) is 9.69 Å². The zero-order valence-electron chi connectivity index (χ0n) is 9.18. The molecule has 0 N–H and O–H groups in total. The Morgan fingerprint density at radius 3 is 2.53 bits per heavy atom. The lowest BCUT2D eigenvalue weighted by Crippen LogP contribution is -2.48. The molecule has 0 aromatic heterocycles. The molecule has 1 aromatic rings. The first-order valence-electron chi connectivity index (χ1n) is 5.17. The topological polar surface area (TPSA) is 23.6 Å². The number of likely N-dealkylation sites (N-methyl/N-ethyl adjacent to an activating group) is 2. The fraction of sp³-hybridized carbons (Fsp3) is 0.417. The van der Waals surface area contributed by atoms with Gasteiger partial charge in [-0.1, -0.05) is 30.3 Å².